The second-order valence-corrected chi connectivity index (χ2v) is 1.97. The Balaban J connectivity index is -0.0000000600. The average Bonchev–Trinajstić information content (AvgIpc) is 2.08. The third-order valence-electron chi connectivity index (χ3n) is 1.24. The van der Waals surface area contributed by atoms with Gasteiger partial charge in [0.15, 0.2) is 0 Å². The van der Waals surface area contributed by atoms with E-state index in [1.54, 1.807) is 0 Å². The van der Waals surface area contributed by atoms with Crippen LogP contribution in [0.5, 0.6) is 34.5 Å². The second kappa shape index (κ2) is 21.1. The van der Waals surface area contributed by atoms with Gasteiger partial charge in [-0.05, 0) is 0 Å². The van der Waals surface area contributed by atoms with Crippen molar-refractivity contribution in [3.63, 3.8) is 0 Å². The zero-order chi connectivity index (χ0) is 9.46. The summed E-state index contributed by atoms with van der Waals surface area (Å²) in [4.78, 5) is 0. The van der Waals surface area contributed by atoms with E-state index in [9.17, 15) is 30.6 Å². The summed E-state index contributed by atoms with van der Waals surface area (Å²) in [5.74, 6) is -10.4. The molecule has 0 radical (unpaired) electrons. The Hall–Kier alpha value is 7.84. The molecule has 1 aromatic rings. The van der Waals surface area contributed by atoms with Gasteiger partial charge in [-0.1, -0.05) is 0 Å². The number of benzene rings is 1. The van der Waals surface area contributed by atoms with Crippen molar-refractivity contribution in [1.82, 2.24) is 0 Å². The van der Waals surface area contributed by atoms with Crippen LogP contribution >= 0.6 is 0 Å². The minimum Gasteiger partial charge on any atom is -0.873 e. The Bertz CT molecular complexity index is 243. The minimum atomic E-state index is -1.73. The van der Waals surface area contributed by atoms with E-state index in [0.717, 1.165) is 0 Å². The Labute approximate surface area is 360 Å². The summed E-state index contributed by atoms with van der Waals surface area (Å²) in [6.07, 6.45) is 0. The largest absolute Gasteiger partial charge is 1.00 e. The fourth-order valence-electron chi connectivity index (χ4n) is 0.619. The predicted octanol–water partition coefficient (Wildman–Crippen LogP) is -21.8. The molecule has 0 aliphatic rings. The van der Waals surface area contributed by atoms with E-state index in [-0.39, 0.29) is 308 Å². The summed E-state index contributed by atoms with van der Waals surface area (Å²) < 4.78 is 0. The van der Waals surface area contributed by atoms with Crippen LogP contribution in [0, 0.1) is 0 Å². The van der Waals surface area contributed by atoms with Crippen LogP contribution in [0.2, 0.25) is 0 Å². The molecule has 66 valence electrons. The molecule has 12 heteroatoms. The number of rotatable bonds is 0. The van der Waals surface area contributed by atoms with Crippen LogP contribution in [0.15, 0.2) is 0 Å². The van der Waals surface area contributed by atoms with Gasteiger partial charge in [0.1, 0.15) is 0 Å². The summed E-state index contributed by atoms with van der Waals surface area (Å²) in [6.45, 7) is 0. The van der Waals surface area contributed by atoms with Crippen molar-refractivity contribution in [3.05, 3.63) is 0 Å². The first-order chi connectivity index (χ1) is 5.46. The Kier molecular flexibility index (Phi) is 47.6. The molecule has 0 amide bonds. The monoisotopic (exact) mass is 402 g/mol. The first kappa shape index (κ1) is 40.5. The van der Waals surface area contributed by atoms with Gasteiger partial charge in [0.05, 0.1) is 0 Å². The zero-order valence-corrected chi connectivity index (χ0v) is 30.2. The minimum absolute atomic E-state index is 0. The van der Waals surface area contributed by atoms with Gasteiger partial charge in [-0.2, -0.15) is 0 Å². The third-order valence-corrected chi connectivity index (χ3v) is 1.24. The van der Waals surface area contributed by atoms with Gasteiger partial charge < -0.3 is 30.6 Å². The summed E-state index contributed by atoms with van der Waals surface area (Å²) in [5.41, 5.74) is 0. The number of hydrogen-bond acceptors (Lipinski definition) is 6. The van der Waals surface area contributed by atoms with E-state index in [0.29, 0.717) is 0 Å². The normalized spacial score (nSPS) is 6.67. The molecular formula is C6K6O6. The van der Waals surface area contributed by atoms with Crippen molar-refractivity contribution in [2.45, 2.75) is 0 Å². The summed E-state index contributed by atoms with van der Waals surface area (Å²) in [7, 11) is 0. The first-order valence-electron chi connectivity index (χ1n) is 2.72. The molecule has 0 aliphatic carbocycles. The van der Waals surface area contributed by atoms with E-state index in [1.807, 2.05) is 0 Å². The van der Waals surface area contributed by atoms with Crippen LogP contribution in [-0.2, 0) is 0 Å². The van der Waals surface area contributed by atoms with E-state index in [1.165, 1.54) is 0 Å². The van der Waals surface area contributed by atoms with Crippen LogP contribution in [-0.4, -0.2) is 0 Å². The molecule has 0 bridgehead atoms. The van der Waals surface area contributed by atoms with Gasteiger partial charge in [0.2, 0.25) is 0 Å². The molecule has 0 heterocycles. The molecule has 0 saturated carbocycles. The van der Waals surface area contributed by atoms with Crippen LogP contribution in [0.4, 0.5) is 0 Å². The van der Waals surface area contributed by atoms with Gasteiger partial charge in [-0.15, -0.1) is 34.5 Å². The molecular weight excluding hydrogens is 403 g/mol. The topological polar surface area (TPSA) is 138 Å². The van der Waals surface area contributed by atoms with Crippen molar-refractivity contribution >= 4 is 0 Å². The molecule has 1 aromatic carbocycles. The number of hydrogen-bond donors (Lipinski definition) is 0. The molecule has 0 atom stereocenters. The van der Waals surface area contributed by atoms with Crippen LogP contribution in [0.1, 0.15) is 0 Å². The van der Waals surface area contributed by atoms with Crippen molar-refractivity contribution in [2.24, 2.45) is 0 Å². The van der Waals surface area contributed by atoms with Crippen molar-refractivity contribution < 1.29 is 339 Å². The standard InChI is InChI=1S/C6H6O6.6K/c7-1-2(8)4(10)6(12)5(11)3(1)9;;;;;;/h7-12H;;;;;;/q;6*+1/p-6. The summed E-state index contributed by atoms with van der Waals surface area (Å²) in [5, 5.41) is 62.4. The molecule has 6 nitrogen and oxygen atoms in total. The molecule has 0 N–H and O–H groups in total. The quantitative estimate of drug-likeness (QED) is 0.395. The first-order valence-corrected chi connectivity index (χ1v) is 2.72. The Morgan fingerprint density at radius 2 is 0.333 bits per heavy atom. The SMILES string of the molecule is [K+].[K+].[K+].[K+].[K+].[K+].[O-]c1c([O-])c([O-])c([O-])c([O-])c1[O-]. The van der Waals surface area contributed by atoms with Crippen LogP contribution in [0.25, 0.3) is 0 Å². The smallest absolute Gasteiger partial charge is 0.873 e. The molecule has 0 aromatic heterocycles. The molecule has 18 heavy (non-hydrogen) atoms. The van der Waals surface area contributed by atoms with Crippen LogP contribution in [0.3, 0.4) is 0 Å². The summed E-state index contributed by atoms with van der Waals surface area (Å²) in [6, 6.07) is 0. The predicted molar refractivity (Wildman–Crippen MR) is 23.1 cm³/mol. The second-order valence-electron chi connectivity index (χ2n) is 1.97. The molecule has 0 saturated heterocycles. The van der Waals surface area contributed by atoms with Gasteiger partial charge in [0.25, 0.3) is 0 Å². The summed E-state index contributed by atoms with van der Waals surface area (Å²) >= 11 is 0. The third kappa shape index (κ3) is 12.3. The van der Waals surface area contributed by atoms with Gasteiger partial charge >= 0.3 is 308 Å². The van der Waals surface area contributed by atoms with E-state index in [2.05, 4.69) is 0 Å². The van der Waals surface area contributed by atoms with Crippen molar-refractivity contribution in [3.8, 4) is 34.5 Å². The van der Waals surface area contributed by atoms with Crippen molar-refractivity contribution in [2.75, 3.05) is 0 Å². The fraction of sp³-hybridized carbons (Fsp3) is 0. The fourth-order valence-corrected chi connectivity index (χ4v) is 0.619. The molecule has 0 aliphatic heterocycles. The van der Waals surface area contributed by atoms with Crippen LogP contribution < -0.4 is 339 Å². The molecule has 0 fully saturated rings. The van der Waals surface area contributed by atoms with Gasteiger partial charge in [-0.25, -0.2) is 0 Å². The maximum absolute atomic E-state index is 10.4. The average molecular weight is 403 g/mol. The molecule has 1 rings (SSSR count). The Morgan fingerprint density at radius 3 is 0.389 bits per heavy atom. The zero-order valence-electron chi connectivity index (χ0n) is 11.4. The maximum Gasteiger partial charge on any atom is 1.00 e. The van der Waals surface area contributed by atoms with E-state index >= 15 is 0 Å². The maximum atomic E-state index is 10.4. The van der Waals surface area contributed by atoms with E-state index in [4.69, 9.17) is 0 Å². The van der Waals surface area contributed by atoms with Crippen molar-refractivity contribution in [1.29, 1.82) is 0 Å². The van der Waals surface area contributed by atoms with Gasteiger partial charge in [0, 0.05) is 0 Å². The molecule has 0 spiro atoms. The van der Waals surface area contributed by atoms with Gasteiger partial charge in [-0.3, -0.25) is 0 Å². The van der Waals surface area contributed by atoms with E-state index < -0.39 is 34.5 Å². The molecule has 0 unspecified atom stereocenters. The Morgan fingerprint density at radius 1 is 0.278 bits per heavy atom.